The Labute approximate surface area is 113 Å². The molecule has 0 saturated carbocycles. The number of aliphatic hydroxyl groups is 1. The molecule has 20 heavy (non-hydrogen) atoms. The Kier molecular flexibility index (Phi) is 4.18. The molecule has 1 aliphatic rings. The number of aliphatic hydroxyl groups excluding tert-OH is 1. The van der Waals surface area contributed by atoms with Gasteiger partial charge in [0, 0.05) is 12.0 Å². The lowest BCUT2D eigenvalue weighted by atomic mass is 10.0. The molecule has 1 N–H and O–H groups in total. The molecule has 2 heterocycles. The maximum absolute atomic E-state index is 11.0. The van der Waals surface area contributed by atoms with Crippen LogP contribution >= 0.6 is 0 Å². The molecule has 0 bridgehead atoms. The van der Waals surface area contributed by atoms with Gasteiger partial charge in [0.2, 0.25) is 0 Å². The smallest absolute Gasteiger partial charge is 0.312 e. The van der Waals surface area contributed by atoms with Crippen molar-refractivity contribution in [2.75, 3.05) is 6.61 Å². The summed E-state index contributed by atoms with van der Waals surface area (Å²) in [6.45, 7) is -0.0450. The first-order valence-corrected chi connectivity index (χ1v) is 6.04. The van der Waals surface area contributed by atoms with Crippen LogP contribution in [0.1, 0.15) is 24.6 Å². The van der Waals surface area contributed by atoms with Crippen LogP contribution < -0.4 is 0 Å². The van der Waals surface area contributed by atoms with E-state index in [1.54, 1.807) is 7.05 Å². The van der Waals surface area contributed by atoms with E-state index >= 15 is 0 Å². The molecule has 1 aromatic rings. The van der Waals surface area contributed by atoms with Gasteiger partial charge in [0.05, 0.1) is 23.7 Å². The zero-order valence-electron chi connectivity index (χ0n) is 10.8. The zero-order valence-corrected chi connectivity index (χ0v) is 10.8. The van der Waals surface area contributed by atoms with Gasteiger partial charge in [-0.05, 0) is 18.4 Å². The summed E-state index contributed by atoms with van der Waals surface area (Å²) in [6.07, 6.45) is 0.490. The number of azide groups is 1. The SMILES string of the molecule is Cn1ncc([N+](=O)[O-])c1[C@H]1CC[C@@H](N=[N+]=[N-])C(O)CO1. The van der Waals surface area contributed by atoms with Crippen LogP contribution in [0.25, 0.3) is 10.4 Å². The first-order valence-electron chi connectivity index (χ1n) is 6.04. The molecule has 0 spiro atoms. The number of hydrogen-bond acceptors (Lipinski definition) is 6. The molecule has 0 radical (unpaired) electrons. The fourth-order valence-electron chi connectivity index (χ4n) is 2.29. The van der Waals surface area contributed by atoms with Crippen LogP contribution in [0.5, 0.6) is 0 Å². The van der Waals surface area contributed by atoms with Crippen LogP contribution in [0, 0.1) is 10.1 Å². The van der Waals surface area contributed by atoms with Gasteiger partial charge in [-0.1, -0.05) is 5.11 Å². The normalized spacial score (nSPS) is 26.6. The summed E-state index contributed by atoms with van der Waals surface area (Å²) in [5.41, 5.74) is 8.68. The van der Waals surface area contributed by atoms with Crippen LogP contribution in [0.15, 0.2) is 11.3 Å². The third kappa shape index (κ3) is 2.72. The van der Waals surface area contributed by atoms with Gasteiger partial charge < -0.3 is 9.84 Å². The van der Waals surface area contributed by atoms with Crippen molar-refractivity contribution in [3.05, 3.63) is 32.4 Å². The van der Waals surface area contributed by atoms with E-state index in [1.807, 2.05) is 0 Å². The summed E-state index contributed by atoms with van der Waals surface area (Å²) in [4.78, 5) is 13.1. The molecular weight excluding hydrogens is 268 g/mol. The van der Waals surface area contributed by atoms with Gasteiger partial charge in [0.25, 0.3) is 0 Å². The molecule has 3 atom stereocenters. The molecule has 0 aliphatic carbocycles. The molecule has 1 unspecified atom stereocenters. The molecule has 1 saturated heterocycles. The Morgan fingerprint density at radius 2 is 2.45 bits per heavy atom. The molecule has 10 heteroatoms. The second-order valence-corrected chi connectivity index (χ2v) is 4.53. The van der Waals surface area contributed by atoms with Crippen molar-refractivity contribution in [1.82, 2.24) is 9.78 Å². The maximum Gasteiger partial charge on any atom is 0.312 e. The number of aryl methyl sites for hydroxylation is 1. The fraction of sp³-hybridized carbons (Fsp3) is 0.700. The topological polar surface area (TPSA) is 139 Å². The highest BCUT2D eigenvalue weighted by atomic mass is 16.6. The van der Waals surface area contributed by atoms with Crippen molar-refractivity contribution in [1.29, 1.82) is 0 Å². The second-order valence-electron chi connectivity index (χ2n) is 4.53. The van der Waals surface area contributed by atoms with E-state index in [-0.39, 0.29) is 12.3 Å². The molecule has 108 valence electrons. The average molecular weight is 282 g/mol. The van der Waals surface area contributed by atoms with Crippen molar-refractivity contribution in [3.8, 4) is 0 Å². The summed E-state index contributed by atoms with van der Waals surface area (Å²) in [5.74, 6) is 0. The summed E-state index contributed by atoms with van der Waals surface area (Å²) in [6, 6.07) is -0.586. The average Bonchev–Trinajstić information content (AvgIpc) is 2.70. The molecule has 2 rings (SSSR count). The third-order valence-electron chi connectivity index (χ3n) is 3.30. The Morgan fingerprint density at radius 1 is 1.70 bits per heavy atom. The fourth-order valence-corrected chi connectivity index (χ4v) is 2.29. The molecule has 1 fully saturated rings. The summed E-state index contributed by atoms with van der Waals surface area (Å²) in [5, 5.41) is 28.2. The van der Waals surface area contributed by atoms with E-state index in [1.165, 1.54) is 10.9 Å². The highest BCUT2D eigenvalue weighted by Gasteiger charge is 2.32. The molecule has 1 aromatic heterocycles. The van der Waals surface area contributed by atoms with Gasteiger partial charge >= 0.3 is 5.69 Å². The number of aromatic nitrogens is 2. The van der Waals surface area contributed by atoms with Crippen molar-refractivity contribution in [3.63, 3.8) is 0 Å². The van der Waals surface area contributed by atoms with Crippen LogP contribution in [0.3, 0.4) is 0 Å². The number of hydrogen-bond donors (Lipinski definition) is 1. The second kappa shape index (κ2) is 5.87. The van der Waals surface area contributed by atoms with E-state index < -0.39 is 23.2 Å². The predicted molar refractivity (Wildman–Crippen MR) is 66.7 cm³/mol. The Hall–Kier alpha value is -2.16. The van der Waals surface area contributed by atoms with Gasteiger partial charge in [-0.25, -0.2) is 0 Å². The van der Waals surface area contributed by atoms with Crippen LogP contribution in [-0.4, -0.2) is 38.6 Å². The minimum absolute atomic E-state index is 0.0450. The minimum Gasteiger partial charge on any atom is -0.390 e. The molecule has 1 aliphatic heterocycles. The largest absolute Gasteiger partial charge is 0.390 e. The highest BCUT2D eigenvalue weighted by molar-refractivity contribution is 5.34. The van der Waals surface area contributed by atoms with Crippen LogP contribution in [0.2, 0.25) is 0 Å². The van der Waals surface area contributed by atoms with Gasteiger partial charge in [0.1, 0.15) is 18.0 Å². The lowest BCUT2D eigenvalue weighted by Crippen LogP contribution is -2.26. The van der Waals surface area contributed by atoms with E-state index in [9.17, 15) is 15.2 Å². The van der Waals surface area contributed by atoms with Crippen molar-refractivity contribution in [2.24, 2.45) is 12.2 Å². The number of nitro groups is 1. The van der Waals surface area contributed by atoms with Crippen LogP contribution in [0.4, 0.5) is 5.69 Å². The first kappa shape index (κ1) is 14.3. The Morgan fingerprint density at radius 3 is 3.10 bits per heavy atom. The molecule has 10 nitrogen and oxygen atoms in total. The van der Waals surface area contributed by atoms with Crippen molar-refractivity contribution in [2.45, 2.75) is 31.1 Å². The third-order valence-corrected chi connectivity index (χ3v) is 3.30. The predicted octanol–water partition coefficient (Wildman–Crippen LogP) is 1.22. The number of ether oxygens (including phenoxy) is 1. The van der Waals surface area contributed by atoms with Gasteiger partial charge in [-0.2, -0.15) is 5.10 Å². The van der Waals surface area contributed by atoms with Crippen molar-refractivity contribution < 1.29 is 14.8 Å². The number of rotatable bonds is 3. The lowest BCUT2D eigenvalue weighted by molar-refractivity contribution is -0.386. The van der Waals surface area contributed by atoms with Gasteiger partial charge in [0.15, 0.2) is 0 Å². The molecular formula is C10H14N6O4. The molecule has 0 aromatic carbocycles. The van der Waals surface area contributed by atoms with E-state index in [0.717, 1.165) is 0 Å². The quantitative estimate of drug-likeness (QED) is 0.292. The Balaban J connectivity index is 2.24. The van der Waals surface area contributed by atoms with Crippen LogP contribution in [-0.2, 0) is 11.8 Å². The lowest BCUT2D eigenvalue weighted by Gasteiger charge is -2.15. The summed E-state index contributed by atoms with van der Waals surface area (Å²) in [7, 11) is 1.60. The Bertz CT molecular complexity index is 552. The van der Waals surface area contributed by atoms with E-state index in [2.05, 4.69) is 15.1 Å². The first-order chi connectivity index (χ1) is 9.54. The standard InChI is InChI=1S/C10H14N6O4/c1-15-10(7(4-12-15)16(18)19)9-3-2-6(13-14-11)8(17)5-20-9/h4,6,8-9,17H,2-3,5H2,1H3/t6-,8?,9-/m1/s1. The summed E-state index contributed by atoms with van der Waals surface area (Å²) < 4.78 is 6.90. The van der Waals surface area contributed by atoms with E-state index in [0.29, 0.717) is 18.5 Å². The number of nitrogens with zero attached hydrogens (tertiary/aromatic N) is 6. The highest BCUT2D eigenvalue weighted by Crippen LogP contribution is 2.33. The van der Waals surface area contributed by atoms with Gasteiger partial charge in [-0.3, -0.25) is 14.8 Å². The zero-order chi connectivity index (χ0) is 14.7. The monoisotopic (exact) mass is 282 g/mol. The van der Waals surface area contributed by atoms with Gasteiger partial charge in [-0.15, -0.1) is 0 Å². The van der Waals surface area contributed by atoms with Crippen molar-refractivity contribution >= 4 is 5.69 Å². The summed E-state index contributed by atoms with van der Waals surface area (Å²) >= 11 is 0. The van der Waals surface area contributed by atoms with E-state index in [4.69, 9.17) is 10.3 Å². The maximum atomic E-state index is 11.0. The molecule has 0 amide bonds. The minimum atomic E-state index is -0.914.